The number of carboxylic acid groups (broad SMARTS) is 2. The van der Waals surface area contributed by atoms with Crippen LogP contribution in [0.15, 0.2) is 24.3 Å². The maximum absolute atomic E-state index is 13.9. The van der Waals surface area contributed by atoms with Crippen LogP contribution < -0.4 is 53.6 Å². The molecule has 0 fully saturated rings. The van der Waals surface area contributed by atoms with Crippen LogP contribution in [0.2, 0.25) is 0 Å². The largest absolute Gasteiger partial charge is 0.508 e. The number of carbonyl (C=O) groups excluding carboxylic acids is 10. The standard InChI is InChI=1S/C45H70N10O16/c1-10-22(6)36(43(68)51-29(17-32(46)59)40(65)50-30(18-34(61)62)41(66)52-31(45(70)71)15-20(2)3)55-42(67)35(21(4)5)54-44(69)37(24(8)56)53-33(60)19-47-38(63)23(7)48-39(64)28(49-25(9)57)16-26-11-13-27(58)14-12-26/h11-14,20-24,28-31,35-37,56,58H,10,15-19H2,1-9H3,(H2,46,59)(H,47,63)(H,48,64)(H,49,57)(H,50,65)(H,51,68)(H,52,66)(H,53,60)(H,54,69)(H,55,67)(H,61,62)(H,70,71)/t22-,23+,24-,28+,29+,30+,31+,35-,36+,37+/m1/s1. The maximum Gasteiger partial charge on any atom is 0.326 e. The predicted molar refractivity (Wildman–Crippen MR) is 251 cm³/mol. The summed E-state index contributed by atoms with van der Waals surface area (Å²) in [5.74, 6) is -14.3. The van der Waals surface area contributed by atoms with Crippen molar-refractivity contribution in [2.45, 2.75) is 149 Å². The van der Waals surface area contributed by atoms with Gasteiger partial charge < -0.3 is 74.0 Å². The fourth-order valence-electron chi connectivity index (χ4n) is 6.67. The number of phenolic OH excluding ortho intramolecular Hbond substituents is 1. The van der Waals surface area contributed by atoms with Gasteiger partial charge in [0.15, 0.2) is 0 Å². The van der Waals surface area contributed by atoms with Gasteiger partial charge in [-0.2, -0.15) is 0 Å². The molecular formula is C45H70N10O16. The van der Waals surface area contributed by atoms with Crippen LogP contribution in [-0.4, -0.2) is 152 Å². The summed E-state index contributed by atoms with van der Waals surface area (Å²) in [5, 5.41) is 60.1. The molecule has 26 heteroatoms. The van der Waals surface area contributed by atoms with E-state index in [1.54, 1.807) is 39.8 Å². The first kappa shape index (κ1) is 61.6. The summed E-state index contributed by atoms with van der Waals surface area (Å²) < 4.78 is 0. The average molecular weight is 1010 g/mol. The first-order valence-electron chi connectivity index (χ1n) is 22.8. The second kappa shape index (κ2) is 29.6. The van der Waals surface area contributed by atoms with Crippen molar-refractivity contribution in [3.8, 4) is 5.75 Å². The number of nitrogens with two attached hydrogens (primary N) is 1. The van der Waals surface area contributed by atoms with Gasteiger partial charge in [-0.25, -0.2) is 4.79 Å². The Labute approximate surface area is 410 Å². The molecule has 0 spiro atoms. The average Bonchev–Trinajstić information content (AvgIpc) is 3.26. The Bertz CT molecular complexity index is 2080. The van der Waals surface area contributed by atoms with Crippen molar-refractivity contribution in [2.24, 2.45) is 23.5 Å². The number of rotatable bonds is 30. The van der Waals surface area contributed by atoms with Gasteiger partial charge in [0.05, 0.1) is 25.5 Å². The number of benzene rings is 1. The topological polar surface area (TPSA) is 420 Å². The van der Waals surface area contributed by atoms with E-state index >= 15 is 0 Å². The van der Waals surface area contributed by atoms with Gasteiger partial charge in [-0.15, -0.1) is 0 Å². The summed E-state index contributed by atoms with van der Waals surface area (Å²) >= 11 is 0. The van der Waals surface area contributed by atoms with E-state index < -0.39 is 157 Å². The Morgan fingerprint density at radius 3 is 1.55 bits per heavy atom. The highest BCUT2D eigenvalue weighted by molar-refractivity contribution is 5.99. The van der Waals surface area contributed by atoms with Crippen molar-refractivity contribution in [1.82, 2.24) is 47.9 Å². The third kappa shape index (κ3) is 22.3. The summed E-state index contributed by atoms with van der Waals surface area (Å²) in [6, 6.07) is -6.25. The second-order valence-corrected chi connectivity index (χ2v) is 17.9. The Morgan fingerprint density at radius 2 is 1.07 bits per heavy atom. The van der Waals surface area contributed by atoms with E-state index in [0.29, 0.717) is 5.56 Å². The van der Waals surface area contributed by atoms with Crippen LogP contribution in [0.5, 0.6) is 5.75 Å². The third-order valence-corrected chi connectivity index (χ3v) is 10.7. The number of carboxylic acids is 2. The van der Waals surface area contributed by atoms with Crippen molar-refractivity contribution in [3.05, 3.63) is 29.8 Å². The van der Waals surface area contributed by atoms with Crippen LogP contribution in [0.3, 0.4) is 0 Å². The van der Waals surface area contributed by atoms with Crippen molar-refractivity contribution in [3.63, 3.8) is 0 Å². The molecule has 1 aromatic rings. The molecule has 0 radical (unpaired) electrons. The summed E-state index contributed by atoms with van der Waals surface area (Å²) in [6.07, 6.45) is -3.26. The van der Waals surface area contributed by atoms with Crippen LogP contribution in [0.1, 0.15) is 93.6 Å². The molecule has 15 N–H and O–H groups in total. The number of phenols is 1. The lowest BCUT2D eigenvalue weighted by atomic mass is 9.95. The number of primary amides is 1. The number of nitrogens with one attached hydrogen (secondary N) is 9. The minimum Gasteiger partial charge on any atom is -0.508 e. The molecule has 1 rings (SSSR count). The first-order chi connectivity index (χ1) is 33.0. The minimum absolute atomic E-state index is 0.0116. The predicted octanol–water partition coefficient (Wildman–Crippen LogP) is -3.47. The van der Waals surface area contributed by atoms with E-state index in [1.165, 1.54) is 39.8 Å². The van der Waals surface area contributed by atoms with Crippen LogP contribution in [0.25, 0.3) is 0 Å². The molecule has 1 aromatic carbocycles. The highest BCUT2D eigenvalue weighted by Crippen LogP contribution is 2.14. The van der Waals surface area contributed by atoms with Gasteiger partial charge in [-0.05, 0) is 55.7 Å². The molecule has 0 heterocycles. The van der Waals surface area contributed by atoms with E-state index in [9.17, 15) is 78.0 Å². The molecule has 10 amide bonds. The van der Waals surface area contributed by atoms with Gasteiger partial charge in [0.25, 0.3) is 0 Å². The van der Waals surface area contributed by atoms with Crippen molar-refractivity contribution in [1.29, 1.82) is 0 Å². The number of aliphatic carboxylic acids is 2. The first-order valence-corrected chi connectivity index (χ1v) is 22.8. The Morgan fingerprint density at radius 1 is 0.577 bits per heavy atom. The normalized spacial score (nSPS) is 15.3. The molecule has 0 bridgehead atoms. The van der Waals surface area contributed by atoms with Crippen LogP contribution in [-0.2, 0) is 64.0 Å². The van der Waals surface area contributed by atoms with E-state index in [1.807, 2.05) is 0 Å². The zero-order chi connectivity index (χ0) is 54.4. The van der Waals surface area contributed by atoms with E-state index in [-0.39, 0.29) is 30.9 Å². The monoisotopic (exact) mass is 1010 g/mol. The summed E-state index contributed by atoms with van der Waals surface area (Å²) in [7, 11) is 0. The molecule has 0 aliphatic heterocycles. The van der Waals surface area contributed by atoms with Crippen molar-refractivity contribution >= 4 is 71.0 Å². The number of aliphatic hydroxyl groups is 1. The molecule has 0 aliphatic rings. The van der Waals surface area contributed by atoms with E-state index in [0.717, 1.165) is 6.92 Å². The van der Waals surface area contributed by atoms with Crippen LogP contribution in [0, 0.1) is 17.8 Å². The van der Waals surface area contributed by atoms with Gasteiger partial charge >= 0.3 is 11.9 Å². The lowest BCUT2D eigenvalue weighted by Gasteiger charge is -2.30. The number of hydrogen-bond acceptors (Lipinski definition) is 14. The molecule has 0 aliphatic carbocycles. The van der Waals surface area contributed by atoms with Gasteiger partial charge in [-0.3, -0.25) is 52.7 Å². The fourth-order valence-corrected chi connectivity index (χ4v) is 6.67. The number of aromatic hydroxyl groups is 1. The van der Waals surface area contributed by atoms with Gasteiger partial charge in [0.1, 0.15) is 54.1 Å². The fraction of sp³-hybridized carbons (Fsp3) is 0.600. The van der Waals surface area contributed by atoms with E-state index in [4.69, 9.17) is 5.73 Å². The molecule has 26 nitrogen and oxygen atoms in total. The Balaban J connectivity index is 3.15. The van der Waals surface area contributed by atoms with Crippen LogP contribution in [0.4, 0.5) is 0 Å². The minimum atomic E-state index is -1.88. The number of hydrogen-bond donors (Lipinski definition) is 14. The Hall–Kier alpha value is -7.38. The molecule has 71 heavy (non-hydrogen) atoms. The summed E-state index contributed by atoms with van der Waals surface area (Å²) in [4.78, 5) is 154. The molecule has 0 aromatic heterocycles. The molecule has 0 unspecified atom stereocenters. The number of carbonyl (C=O) groups is 12. The summed E-state index contributed by atoms with van der Waals surface area (Å²) in [5.41, 5.74) is 5.94. The third-order valence-electron chi connectivity index (χ3n) is 10.7. The molecule has 0 saturated heterocycles. The lowest BCUT2D eigenvalue weighted by Crippen LogP contribution is -2.62. The molecule has 396 valence electrons. The van der Waals surface area contributed by atoms with E-state index in [2.05, 4.69) is 47.9 Å². The van der Waals surface area contributed by atoms with Crippen molar-refractivity contribution < 1.29 is 78.0 Å². The Kier molecular flexibility index (Phi) is 25.7. The second-order valence-electron chi connectivity index (χ2n) is 17.9. The molecule has 10 atom stereocenters. The summed E-state index contributed by atoms with van der Waals surface area (Å²) in [6.45, 7) is 12.5. The quantitative estimate of drug-likeness (QED) is 0.0356. The highest BCUT2D eigenvalue weighted by Gasteiger charge is 2.37. The van der Waals surface area contributed by atoms with Gasteiger partial charge in [0.2, 0.25) is 59.1 Å². The highest BCUT2D eigenvalue weighted by atomic mass is 16.4. The zero-order valence-electron chi connectivity index (χ0n) is 41.2. The van der Waals surface area contributed by atoms with Crippen LogP contribution >= 0.6 is 0 Å². The maximum atomic E-state index is 13.9. The van der Waals surface area contributed by atoms with Crippen molar-refractivity contribution in [2.75, 3.05) is 6.54 Å². The zero-order valence-corrected chi connectivity index (χ0v) is 41.2. The smallest absolute Gasteiger partial charge is 0.326 e. The number of amides is 10. The number of aliphatic hydroxyl groups excluding tert-OH is 1. The van der Waals surface area contributed by atoms with Gasteiger partial charge in [0, 0.05) is 13.3 Å². The molecular weight excluding hydrogens is 937 g/mol. The molecule has 0 saturated carbocycles. The van der Waals surface area contributed by atoms with Gasteiger partial charge in [-0.1, -0.05) is 60.1 Å². The lowest BCUT2D eigenvalue weighted by molar-refractivity contribution is -0.144. The SMILES string of the molecule is CC[C@@H](C)[C@H](NC(=O)[C@H](NC(=O)[C@@H](NC(=O)CNC(=O)[C@H](C)NC(=O)[C@H](Cc1ccc(O)cc1)NC(C)=O)[C@@H](C)O)C(C)C)C(=O)N[C@@H](CC(N)=O)C(=O)N[C@@H](CC(=O)O)C(=O)N[C@@H](CC(C)C)C(=O)O.